The van der Waals surface area contributed by atoms with Crippen molar-refractivity contribution in [3.8, 4) is 5.75 Å². The third kappa shape index (κ3) is 3.09. The molecule has 0 radical (unpaired) electrons. The van der Waals surface area contributed by atoms with Crippen LogP contribution in [0, 0.1) is 0 Å². The van der Waals surface area contributed by atoms with Crippen LogP contribution in [0.2, 0.25) is 0 Å². The number of rotatable bonds is 2. The van der Waals surface area contributed by atoms with Gasteiger partial charge in [0, 0.05) is 11.3 Å². The van der Waals surface area contributed by atoms with Gasteiger partial charge in [0.15, 0.2) is 6.10 Å². The molecule has 2 aromatic rings. The van der Waals surface area contributed by atoms with Crippen LogP contribution >= 0.6 is 0 Å². The van der Waals surface area contributed by atoms with Crippen molar-refractivity contribution < 1.29 is 14.3 Å². The van der Waals surface area contributed by atoms with E-state index in [4.69, 9.17) is 4.74 Å². The SMILES string of the molecule is C[C@H]1Oc2ccc(NC(=O)c3ccc4c(c3)CCCC4)cc2NC1=O. The number of anilines is 2. The van der Waals surface area contributed by atoms with Crippen molar-refractivity contribution >= 4 is 23.2 Å². The van der Waals surface area contributed by atoms with Gasteiger partial charge in [-0.25, -0.2) is 0 Å². The van der Waals surface area contributed by atoms with Crippen LogP contribution in [0.25, 0.3) is 0 Å². The predicted octanol–water partition coefficient (Wildman–Crippen LogP) is 3.54. The summed E-state index contributed by atoms with van der Waals surface area (Å²) in [5.74, 6) is 0.272. The molecule has 0 aromatic heterocycles. The summed E-state index contributed by atoms with van der Waals surface area (Å²) in [6.07, 6.45) is 4.03. The summed E-state index contributed by atoms with van der Waals surface area (Å²) in [7, 11) is 0. The molecule has 5 nitrogen and oxygen atoms in total. The predicted molar refractivity (Wildman–Crippen MR) is 96.2 cm³/mol. The Morgan fingerprint density at radius 2 is 1.92 bits per heavy atom. The van der Waals surface area contributed by atoms with E-state index in [1.165, 1.54) is 24.0 Å². The monoisotopic (exact) mass is 336 g/mol. The highest BCUT2D eigenvalue weighted by Gasteiger charge is 2.23. The molecule has 1 atom stereocenters. The number of hydrogen-bond donors (Lipinski definition) is 2. The first kappa shape index (κ1) is 15.7. The quantitative estimate of drug-likeness (QED) is 0.881. The third-order valence-electron chi connectivity index (χ3n) is 4.78. The molecule has 0 saturated heterocycles. The van der Waals surface area contributed by atoms with Gasteiger partial charge in [0.05, 0.1) is 5.69 Å². The highest BCUT2D eigenvalue weighted by molar-refractivity contribution is 6.05. The molecule has 0 unspecified atom stereocenters. The standard InChI is InChI=1S/C20H20N2O3/c1-12-19(23)22-17-11-16(8-9-18(17)25-12)21-20(24)15-7-6-13-4-2-3-5-14(13)10-15/h6-12H,2-5H2,1H3,(H,21,24)(H,22,23)/t12-/m1/s1. The minimum atomic E-state index is -0.511. The van der Waals surface area contributed by atoms with E-state index >= 15 is 0 Å². The molecule has 25 heavy (non-hydrogen) atoms. The molecule has 2 aliphatic rings. The number of carbonyl (C=O) groups is 2. The van der Waals surface area contributed by atoms with Gasteiger partial charge in [0.2, 0.25) is 0 Å². The first-order valence-corrected chi connectivity index (χ1v) is 8.65. The van der Waals surface area contributed by atoms with Crippen molar-refractivity contribution in [1.82, 2.24) is 0 Å². The summed E-state index contributed by atoms with van der Waals surface area (Å²) in [6.45, 7) is 1.70. The zero-order chi connectivity index (χ0) is 17.4. The van der Waals surface area contributed by atoms with Crippen molar-refractivity contribution in [2.45, 2.75) is 38.7 Å². The van der Waals surface area contributed by atoms with Crippen molar-refractivity contribution in [2.24, 2.45) is 0 Å². The average molecular weight is 336 g/mol. The second kappa shape index (κ2) is 6.24. The lowest BCUT2D eigenvalue weighted by molar-refractivity contribution is -0.122. The van der Waals surface area contributed by atoms with Crippen molar-refractivity contribution in [3.05, 3.63) is 53.1 Å². The summed E-state index contributed by atoms with van der Waals surface area (Å²) in [5.41, 5.74) is 4.49. The van der Waals surface area contributed by atoms with Crippen molar-refractivity contribution in [2.75, 3.05) is 10.6 Å². The van der Waals surface area contributed by atoms with Crippen LogP contribution in [0.15, 0.2) is 36.4 Å². The molecule has 1 aliphatic heterocycles. The summed E-state index contributed by atoms with van der Waals surface area (Å²) in [4.78, 5) is 24.3. The van der Waals surface area contributed by atoms with Crippen LogP contribution in [-0.4, -0.2) is 17.9 Å². The molecule has 128 valence electrons. The fraction of sp³-hybridized carbons (Fsp3) is 0.300. The van der Waals surface area contributed by atoms with Crippen molar-refractivity contribution in [3.63, 3.8) is 0 Å². The number of nitrogens with one attached hydrogen (secondary N) is 2. The second-order valence-electron chi connectivity index (χ2n) is 6.60. The fourth-order valence-electron chi connectivity index (χ4n) is 3.36. The molecule has 0 spiro atoms. The maximum absolute atomic E-state index is 12.6. The van der Waals surface area contributed by atoms with Gasteiger partial charge in [0.25, 0.3) is 11.8 Å². The van der Waals surface area contributed by atoms with Gasteiger partial charge in [-0.3, -0.25) is 9.59 Å². The zero-order valence-corrected chi connectivity index (χ0v) is 14.1. The number of amides is 2. The molecule has 2 aromatic carbocycles. The third-order valence-corrected chi connectivity index (χ3v) is 4.78. The second-order valence-corrected chi connectivity index (χ2v) is 6.60. The van der Waals surface area contributed by atoms with Gasteiger partial charge in [0.1, 0.15) is 5.75 Å². The van der Waals surface area contributed by atoms with Gasteiger partial charge < -0.3 is 15.4 Å². The minimum absolute atomic E-state index is 0.148. The number of benzene rings is 2. The van der Waals surface area contributed by atoms with E-state index in [2.05, 4.69) is 16.7 Å². The molecule has 1 aliphatic carbocycles. The van der Waals surface area contributed by atoms with Gasteiger partial charge in [-0.15, -0.1) is 0 Å². The molecular weight excluding hydrogens is 316 g/mol. The van der Waals surface area contributed by atoms with Crippen molar-refractivity contribution in [1.29, 1.82) is 0 Å². The van der Waals surface area contributed by atoms with Gasteiger partial charge in [-0.05, 0) is 74.1 Å². The summed E-state index contributed by atoms with van der Waals surface area (Å²) >= 11 is 0. The Hall–Kier alpha value is -2.82. The van der Waals surface area contributed by atoms with Gasteiger partial charge in [-0.2, -0.15) is 0 Å². The van der Waals surface area contributed by atoms with Gasteiger partial charge in [-0.1, -0.05) is 6.07 Å². The fourth-order valence-corrected chi connectivity index (χ4v) is 3.36. The molecule has 1 heterocycles. The van der Waals surface area contributed by atoms with E-state index in [-0.39, 0.29) is 11.8 Å². The molecule has 2 N–H and O–H groups in total. The lowest BCUT2D eigenvalue weighted by Crippen LogP contribution is -2.34. The molecule has 4 rings (SSSR count). The molecule has 0 bridgehead atoms. The smallest absolute Gasteiger partial charge is 0.265 e. The van der Waals surface area contributed by atoms with Crippen LogP contribution in [0.1, 0.15) is 41.3 Å². The van der Waals surface area contributed by atoms with Crippen LogP contribution in [0.3, 0.4) is 0 Å². The van der Waals surface area contributed by atoms with E-state index in [1.54, 1.807) is 25.1 Å². The topological polar surface area (TPSA) is 67.4 Å². The Balaban J connectivity index is 1.53. The normalized spacial score (nSPS) is 18.4. The minimum Gasteiger partial charge on any atom is -0.479 e. The van der Waals surface area contributed by atoms with Crippen LogP contribution < -0.4 is 15.4 Å². The molecular formula is C20H20N2O3. The number of ether oxygens (including phenoxy) is 1. The lowest BCUT2D eigenvalue weighted by Gasteiger charge is -2.23. The number of hydrogen-bond acceptors (Lipinski definition) is 3. The lowest BCUT2D eigenvalue weighted by atomic mass is 9.90. The Morgan fingerprint density at radius 1 is 1.12 bits per heavy atom. The van der Waals surface area contributed by atoms with E-state index in [0.717, 1.165) is 12.8 Å². The molecule has 0 fully saturated rings. The number of aryl methyl sites for hydroxylation is 2. The van der Waals surface area contributed by atoms with Gasteiger partial charge >= 0.3 is 0 Å². The Kier molecular flexibility index (Phi) is 3.92. The first-order chi connectivity index (χ1) is 12.1. The largest absolute Gasteiger partial charge is 0.479 e. The maximum Gasteiger partial charge on any atom is 0.265 e. The number of carbonyl (C=O) groups excluding carboxylic acids is 2. The van der Waals surface area contributed by atoms with Crippen LogP contribution in [-0.2, 0) is 17.6 Å². The van der Waals surface area contributed by atoms with E-state index in [0.29, 0.717) is 22.7 Å². The van der Waals surface area contributed by atoms with E-state index in [9.17, 15) is 9.59 Å². The molecule has 0 saturated carbocycles. The zero-order valence-electron chi connectivity index (χ0n) is 14.1. The number of fused-ring (bicyclic) bond motifs is 2. The van der Waals surface area contributed by atoms with E-state index < -0.39 is 6.10 Å². The van der Waals surface area contributed by atoms with Crippen LogP contribution in [0.5, 0.6) is 5.75 Å². The Bertz CT molecular complexity index is 860. The Morgan fingerprint density at radius 3 is 2.76 bits per heavy atom. The highest BCUT2D eigenvalue weighted by atomic mass is 16.5. The molecule has 2 amide bonds. The maximum atomic E-state index is 12.6. The first-order valence-electron chi connectivity index (χ1n) is 8.65. The average Bonchev–Trinajstić information content (AvgIpc) is 2.62. The Labute approximate surface area is 146 Å². The van der Waals surface area contributed by atoms with E-state index in [1.807, 2.05) is 12.1 Å². The molecule has 5 heteroatoms. The summed E-state index contributed by atoms with van der Waals surface area (Å²) in [6, 6.07) is 11.2. The summed E-state index contributed by atoms with van der Waals surface area (Å²) < 4.78 is 5.53. The highest BCUT2D eigenvalue weighted by Crippen LogP contribution is 2.32. The summed E-state index contributed by atoms with van der Waals surface area (Å²) in [5, 5.41) is 5.68. The van der Waals surface area contributed by atoms with Crippen LogP contribution in [0.4, 0.5) is 11.4 Å².